The predicted octanol–water partition coefficient (Wildman–Crippen LogP) is 15.5. The van der Waals surface area contributed by atoms with E-state index in [1.807, 2.05) is 36.5 Å². The molecule has 1 aliphatic heterocycles. The molecular formula is C62H55N7O+2. The zero-order chi connectivity index (χ0) is 48.5. The fourth-order valence-corrected chi connectivity index (χ4v) is 9.38. The topological polar surface area (TPSA) is 71.7 Å². The maximum atomic E-state index is 7.20. The van der Waals surface area contributed by atoms with Gasteiger partial charge in [0.1, 0.15) is 17.3 Å². The number of hydrogen-bond donors (Lipinski definition) is 0. The number of ether oxygens (including phenoxy) is 1. The highest BCUT2D eigenvalue weighted by molar-refractivity contribution is 6.11. The minimum atomic E-state index is -0.0108. The van der Waals surface area contributed by atoms with Crippen LogP contribution in [0.4, 0.5) is 22.7 Å². The zero-order valence-electron chi connectivity index (χ0n) is 41.2. The Labute approximate surface area is 409 Å². The molecule has 0 aliphatic carbocycles. The van der Waals surface area contributed by atoms with E-state index in [9.17, 15) is 0 Å². The standard InChI is InChI=1S/C62H55N7O/c1-39-33-47(34-40(2)41(39)3)68-38-67(53-21-12-13-22-54(53)68)46-17-16-18-48(35-46)70-56-37-55-50(49-19-10-11-20-52(49)69(55)57-23-14-15-32-63-57)36-51(56)60-65-58(42-24-28-44(29-25-42)61(4,5)6)64-59(66-60)43-26-30-45(31-27-43)62(7,8)9/h10-37H,1-9H3/q+2. The summed E-state index contributed by atoms with van der Waals surface area (Å²) in [7, 11) is 0. The quantitative estimate of drug-likeness (QED) is 0.142. The van der Waals surface area contributed by atoms with Gasteiger partial charge in [0.25, 0.3) is 11.4 Å². The maximum Gasteiger partial charge on any atom is 0.503 e. The van der Waals surface area contributed by atoms with Gasteiger partial charge in [-0.25, -0.2) is 19.9 Å². The van der Waals surface area contributed by atoms with Gasteiger partial charge in [0.2, 0.25) is 11.4 Å². The first-order valence-corrected chi connectivity index (χ1v) is 24.0. The number of aryl methyl sites for hydroxylation is 2. The molecule has 342 valence electrons. The molecule has 8 nitrogen and oxygen atoms in total. The molecule has 0 bridgehead atoms. The fraction of sp³-hybridized carbons (Fsp3) is 0.177. The molecular weight excluding hydrogens is 859 g/mol. The van der Waals surface area contributed by atoms with Gasteiger partial charge in [0.15, 0.2) is 17.5 Å². The van der Waals surface area contributed by atoms with Crippen LogP contribution >= 0.6 is 0 Å². The molecule has 0 atom stereocenters. The number of pyridine rings is 1. The van der Waals surface area contributed by atoms with Crippen LogP contribution < -0.4 is 13.9 Å². The lowest BCUT2D eigenvalue weighted by atomic mass is 9.86. The van der Waals surface area contributed by atoms with Crippen LogP contribution in [-0.2, 0) is 10.8 Å². The van der Waals surface area contributed by atoms with Crippen molar-refractivity contribution in [3.63, 3.8) is 0 Å². The smallest absolute Gasteiger partial charge is 0.456 e. The number of hydrogen-bond acceptors (Lipinski definition) is 5. The van der Waals surface area contributed by atoms with Crippen molar-refractivity contribution in [2.24, 2.45) is 0 Å². The minimum absolute atomic E-state index is 0.0108. The summed E-state index contributed by atoms with van der Waals surface area (Å²) in [4.78, 5) is 20.6. The third-order valence-corrected chi connectivity index (χ3v) is 13.6. The van der Waals surface area contributed by atoms with Crippen molar-refractivity contribution >= 4 is 50.6 Å². The van der Waals surface area contributed by atoms with Gasteiger partial charge >= 0.3 is 6.01 Å². The summed E-state index contributed by atoms with van der Waals surface area (Å²) in [5.74, 6) is 3.68. The minimum Gasteiger partial charge on any atom is -0.456 e. The van der Waals surface area contributed by atoms with E-state index in [4.69, 9.17) is 24.7 Å². The lowest BCUT2D eigenvalue weighted by molar-refractivity contribution is 0.484. The van der Waals surface area contributed by atoms with Crippen LogP contribution in [-0.4, -0.2) is 30.5 Å². The molecule has 0 radical (unpaired) electrons. The third kappa shape index (κ3) is 8.06. The molecule has 0 unspecified atom stereocenters. The summed E-state index contributed by atoms with van der Waals surface area (Å²) in [5, 5.41) is 2.09. The van der Waals surface area contributed by atoms with Gasteiger partial charge in [-0.3, -0.25) is 4.57 Å². The second kappa shape index (κ2) is 17.0. The molecule has 1 aliphatic rings. The second-order valence-corrected chi connectivity index (χ2v) is 20.4. The van der Waals surface area contributed by atoms with Crippen molar-refractivity contribution in [3.05, 3.63) is 198 Å². The van der Waals surface area contributed by atoms with Gasteiger partial charge < -0.3 is 4.74 Å². The summed E-state index contributed by atoms with van der Waals surface area (Å²) >= 11 is 0. The lowest BCUT2D eigenvalue weighted by Crippen LogP contribution is -2.11. The Morgan fingerprint density at radius 3 is 1.67 bits per heavy atom. The molecule has 0 fully saturated rings. The Hall–Kier alpha value is -8.32. The first kappa shape index (κ1) is 44.2. The van der Waals surface area contributed by atoms with Crippen LogP contribution in [0.25, 0.3) is 61.8 Å². The fourth-order valence-electron chi connectivity index (χ4n) is 9.38. The monoisotopic (exact) mass is 913 g/mol. The highest BCUT2D eigenvalue weighted by atomic mass is 16.5. The van der Waals surface area contributed by atoms with Crippen molar-refractivity contribution in [2.45, 2.75) is 73.1 Å². The van der Waals surface area contributed by atoms with Crippen LogP contribution in [0.2, 0.25) is 0 Å². The summed E-state index contributed by atoms with van der Waals surface area (Å²) in [5.41, 5.74) is 14.8. The van der Waals surface area contributed by atoms with Gasteiger partial charge in [-0.15, -0.1) is 0 Å². The predicted molar refractivity (Wildman–Crippen MR) is 287 cm³/mol. The highest BCUT2D eigenvalue weighted by Gasteiger charge is 2.36. The Morgan fingerprint density at radius 1 is 0.500 bits per heavy atom. The third-order valence-electron chi connectivity index (χ3n) is 13.6. The average Bonchev–Trinajstić information content (AvgIpc) is 3.91. The van der Waals surface area contributed by atoms with Crippen LogP contribution in [0.1, 0.15) is 69.4 Å². The van der Waals surface area contributed by atoms with Crippen LogP contribution in [0.3, 0.4) is 0 Å². The van der Waals surface area contributed by atoms with Crippen LogP contribution in [0.15, 0.2) is 170 Å². The van der Waals surface area contributed by atoms with Crippen LogP contribution in [0, 0.1) is 20.8 Å². The number of fused-ring (bicyclic) bond motifs is 4. The van der Waals surface area contributed by atoms with E-state index in [0.717, 1.165) is 67.1 Å². The number of benzene rings is 7. The number of rotatable bonds is 8. The molecule has 0 N–H and O–H groups in total. The SMILES string of the molecule is Cc1cc([N+]2=C=[N+](c3cccc(Oc4cc5c(cc4-c4nc(-c6ccc(C(C)(C)C)cc6)nc(-c6ccc(C(C)(C)C)cc6)n4)c4ccccc4n5-c4ccccn4)c3)c3ccccc32)cc(C)c1C. The summed E-state index contributed by atoms with van der Waals surface area (Å²) in [6, 6.07) is 60.6. The van der Waals surface area contributed by atoms with Gasteiger partial charge in [-0.1, -0.05) is 133 Å². The van der Waals surface area contributed by atoms with E-state index >= 15 is 0 Å². The molecule has 70 heavy (non-hydrogen) atoms. The van der Waals surface area contributed by atoms with Crippen molar-refractivity contribution in [1.82, 2.24) is 33.7 Å². The van der Waals surface area contributed by atoms with E-state index in [1.165, 1.54) is 27.8 Å². The Balaban J connectivity index is 1.12. The van der Waals surface area contributed by atoms with Crippen molar-refractivity contribution in [3.8, 4) is 51.5 Å². The largest absolute Gasteiger partial charge is 0.503 e. The molecule has 3 aromatic heterocycles. The van der Waals surface area contributed by atoms with E-state index in [1.54, 1.807) is 0 Å². The molecule has 0 saturated carbocycles. The first-order chi connectivity index (χ1) is 33.7. The first-order valence-electron chi connectivity index (χ1n) is 24.0. The molecule has 0 amide bonds. The second-order valence-electron chi connectivity index (χ2n) is 20.4. The zero-order valence-corrected chi connectivity index (χ0v) is 41.2. The molecule has 10 aromatic rings. The summed E-state index contributed by atoms with van der Waals surface area (Å²) in [6.45, 7) is 19.9. The number of aromatic nitrogens is 5. The van der Waals surface area contributed by atoms with Gasteiger partial charge in [-0.2, -0.15) is 0 Å². The molecule has 7 aromatic carbocycles. The van der Waals surface area contributed by atoms with E-state index in [2.05, 4.69) is 216 Å². The van der Waals surface area contributed by atoms with Crippen molar-refractivity contribution in [1.29, 1.82) is 0 Å². The Bertz CT molecular complexity index is 3650. The molecule has 8 heteroatoms. The Kier molecular flexibility index (Phi) is 10.7. The van der Waals surface area contributed by atoms with E-state index in [0.29, 0.717) is 29.0 Å². The highest BCUT2D eigenvalue weighted by Crippen LogP contribution is 2.43. The number of nitrogens with zero attached hydrogens (tertiary/aromatic N) is 7. The van der Waals surface area contributed by atoms with Gasteiger partial charge in [0.05, 0.1) is 22.7 Å². The molecule has 4 heterocycles. The Morgan fingerprint density at radius 2 is 1.07 bits per heavy atom. The number of para-hydroxylation sites is 3. The van der Waals surface area contributed by atoms with Crippen LogP contribution in [0.5, 0.6) is 11.5 Å². The van der Waals surface area contributed by atoms with Gasteiger partial charge in [0, 0.05) is 64.5 Å². The molecule has 0 saturated heterocycles. The van der Waals surface area contributed by atoms with Crippen molar-refractivity contribution < 1.29 is 4.74 Å². The van der Waals surface area contributed by atoms with E-state index in [-0.39, 0.29) is 10.8 Å². The summed E-state index contributed by atoms with van der Waals surface area (Å²) < 4.78 is 13.7. The maximum absolute atomic E-state index is 7.20. The van der Waals surface area contributed by atoms with E-state index < -0.39 is 0 Å². The van der Waals surface area contributed by atoms with Crippen molar-refractivity contribution in [2.75, 3.05) is 0 Å². The normalized spacial score (nSPS) is 12.6. The average molecular weight is 914 g/mol. The van der Waals surface area contributed by atoms with Gasteiger partial charge in [-0.05, 0) is 98.9 Å². The molecule has 0 spiro atoms. The summed E-state index contributed by atoms with van der Waals surface area (Å²) in [6.07, 6.45) is 1.83. The molecule has 11 rings (SSSR count). The lowest BCUT2D eigenvalue weighted by Gasteiger charge is -2.19.